The van der Waals surface area contributed by atoms with Gasteiger partial charge in [0.1, 0.15) is 0 Å². The molecule has 1 aromatic heterocycles. The zero-order valence-electron chi connectivity index (χ0n) is 12.3. The molecule has 1 aliphatic heterocycles. The van der Waals surface area contributed by atoms with Gasteiger partial charge in [0.2, 0.25) is 15.9 Å². The Hall–Kier alpha value is -2.00. The minimum absolute atomic E-state index is 0.0736. The van der Waals surface area contributed by atoms with E-state index in [4.69, 9.17) is 4.74 Å². The molecule has 0 aliphatic carbocycles. The summed E-state index contributed by atoms with van der Waals surface area (Å²) in [5, 5.41) is 3.97. The van der Waals surface area contributed by atoms with Crippen molar-refractivity contribution < 1.29 is 21.9 Å². The Morgan fingerprint density at radius 1 is 1.39 bits per heavy atom. The van der Waals surface area contributed by atoms with Gasteiger partial charge in [-0.3, -0.25) is 0 Å². The molecule has 9 heteroatoms. The molecule has 0 spiro atoms. The first-order chi connectivity index (χ1) is 10.9. The van der Waals surface area contributed by atoms with Gasteiger partial charge in [-0.2, -0.15) is 5.10 Å². The summed E-state index contributed by atoms with van der Waals surface area (Å²) in [5.41, 5.74) is -0.0736. The number of aromatic nitrogens is 2. The molecule has 23 heavy (non-hydrogen) atoms. The number of hydrogen-bond acceptors (Lipinski definition) is 4. The number of nitrogens with zero attached hydrogens (tertiary/aromatic N) is 2. The molecule has 1 aromatic carbocycles. The van der Waals surface area contributed by atoms with Crippen LogP contribution in [0.5, 0.6) is 5.88 Å². The van der Waals surface area contributed by atoms with Crippen molar-refractivity contribution in [2.24, 2.45) is 0 Å². The van der Waals surface area contributed by atoms with E-state index in [2.05, 4.69) is 9.82 Å². The molecule has 0 saturated heterocycles. The summed E-state index contributed by atoms with van der Waals surface area (Å²) in [4.78, 5) is -0.110. The zero-order chi connectivity index (χ0) is 16.6. The minimum Gasteiger partial charge on any atom is -0.477 e. The summed E-state index contributed by atoms with van der Waals surface area (Å²) in [6.45, 7) is 2.41. The fourth-order valence-electron chi connectivity index (χ4n) is 2.44. The van der Waals surface area contributed by atoms with Crippen molar-refractivity contribution in [1.29, 1.82) is 0 Å². The van der Waals surface area contributed by atoms with Gasteiger partial charge in [-0.15, -0.1) is 0 Å². The van der Waals surface area contributed by atoms with E-state index in [1.807, 2.05) is 0 Å². The smallest absolute Gasteiger partial charge is 0.248 e. The van der Waals surface area contributed by atoms with Crippen molar-refractivity contribution >= 4 is 10.0 Å². The highest BCUT2D eigenvalue weighted by Crippen LogP contribution is 2.28. The molecule has 1 aliphatic rings. The fraction of sp³-hybridized carbons (Fsp3) is 0.357. The quantitative estimate of drug-likeness (QED) is 0.921. The SMILES string of the molecule is CC(NS(=O)(=O)c1cnn2c1OCCC2)c1cccc(F)c1F. The molecule has 1 N–H and O–H groups in total. The number of nitrogens with one attached hydrogen (secondary N) is 1. The van der Waals surface area contributed by atoms with E-state index in [0.29, 0.717) is 13.2 Å². The lowest BCUT2D eigenvalue weighted by atomic mass is 10.1. The first-order valence-corrected chi connectivity index (χ1v) is 8.53. The minimum atomic E-state index is -3.98. The number of fused-ring (bicyclic) bond motifs is 1. The van der Waals surface area contributed by atoms with Gasteiger partial charge in [-0.25, -0.2) is 26.6 Å². The largest absolute Gasteiger partial charge is 0.477 e. The number of ether oxygens (including phenoxy) is 1. The average Bonchev–Trinajstić information content (AvgIpc) is 2.94. The maximum absolute atomic E-state index is 13.8. The number of hydrogen-bond donors (Lipinski definition) is 1. The molecule has 2 heterocycles. The Morgan fingerprint density at radius 2 is 2.17 bits per heavy atom. The lowest BCUT2D eigenvalue weighted by Gasteiger charge is -2.18. The summed E-state index contributed by atoms with van der Waals surface area (Å²) in [7, 11) is -3.98. The summed E-state index contributed by atoms with van der Waals surface area (Å²) in [5.74, 6) is -1.94. The molecule has 0 amide bonds. The van der Waals surface area contributed by atoms with Crippen LogP contribution in [0.3, 0.4) is 0 Å². The number of halogens is 2. The van der Waals surface area contributed by atoms with E-state index in [-0.39, 0.29) is 16.3 Å². The Balaban J connectivity index is 1.89. The highest BCUT2D eigenvalue weighted by molar-refractivity contribution is 7.89. The Labute approximate surface area is 132 Å². The second-order valence-corrected chi connectivity index (χ2v) is 6.91. The van der Waals surface area contributed by atoms with Crippen LogP contribution in [-0.4, -0.2) is 24.8 Å². The third kappa shape index (κ3) is 2.93. The molecule has 1 atom stereocenters. The molecular weight excluding hydrogens is 328 g/mol. The van der Waals surface area contributed by atoms with Gasteiger partial charge in [0.15, 0.2) is 16.5 Å². The summed E-state index contributed by atoms with van der Waals surface area (Å²) < 4.78 is 61.2. The van der Waals surface area contributed by atoms with Crippen molar-refractivity contribution in [3.8, 4) is 5.88 Å². The monoisotopic (exact) mass is 343 g/mol. The van der Waals surface area contributed by atoms with Crippen LogP contribution in [0.4, 0.5) is 8.78 Å². The van der Waals surface area contributed by atoms with Gasteiger partial charge < -0.3 is 4.74 Å². The standard InChI is InChI=1S/C14H15F2N3O3S/c1-9(10-4-2-5-11(15)13(10)16)18-23(20,21)12-8-17-19-6-3-7-22-14(12)19/h2,4-5,8-9,18H,3,6-7H2,1H3. The van der Waals surface area contributed by atoms with Crippen molar-refractivity contribution in [2.45, 2.75) is 30.8 Å². The molecule has 0 fully saturated rings. The lowest BCUT2D eigenvalue weighted by Crippen LogP contribution is -2.28. The first-order valence-electron chi connectivity index (χ1n) is 7.05. The van der Waals surface area contributed by atoms with E-state index >= 15 is 0 Å². The zero-order valence-corrected chi connectivity index (χ0v) is 13.1. The van der Waals surface area contributed by atoms with E-state index in [9.17, 15) is 17.2 Å². The molecule has 0 radical (unpaired) electrons. The van der Waals surface area contributed by atoms with Crippen molar-refractivity contribution in [3.63, 3.8) is 0 Å². The Morgan fingerprint density at radius 3 is 2.96 bits per heavy atom. The van der Waals surface area contributed by atoms with Crippen LogP contribution >= 0.6 is 0 Å². The lowest BCUT2D eigenvalue weighted by molar-refractivity contribution is 0.224. The highest BCUT2D eigenvalue weighted by atomic mass is 32.2. The third-order valence-corrected chi connectivity index (χ3v) is 5.10. The van der Waals surface area contributed by atoms with Gasteiger partial charge in [0.25, 0.3) is 0 Å². The highest BCUT2D eigenvalue weighted by Gasteiger charge is 2.29. The van der Waals surface area contributed by atoms with Gasteiger partial charge >= 0.3 is 0 Å². The molecule has 1 unspecified atom stereocenters. The van der Waals surface area contributed by atoms with Crippen molar-refractivity contribution in [2.75, 3.05) is 6.61 Å². The molecule has 0 saturated carbocycles. The van der Waals surface area contributed by atoms with E-state index in [1.54, 1.807) is 0 Å². The summed E-state index contributed by atoms with van der Waals surface area (Å²) >= 11 is 0. The number of aryl methyl sites for hydroxylation is 1. The van der Waals surface area contributed by atoms with Crippen LogP contribution in [0.15, 0.2) is 29.3 Å². The van der Waals surface area contributed by atoms with Crippen LogP contribution in [0, 0.1) is 11.6 Å². The average molecular weight is 343 g/mol. The normalized spacial score (nSPS) is 15.8. The summed E-state index contributed by atoms with van der Waals surface area (Å²) in [6, 6.07) is 2.68. The van der Waals surface area contributed by atoms with Crippen LogP contribution in [0.2, 0.25) is 0 Å². The molecule has 0 bridgehead atoms. The second-order valence-electron chi connectivity index (χ2n) is 5.23. The number of sulfonamides is 1. The Bertz CT molecular complexity index is 836. The third-order valence-electron chi connectivity index (χ3n) is 3.58. The van der Waals surface area contributed by atoms with Crippen LogP contribution in [0.25, 0.3) is 0 Å². The summed E-state index contributed by atoms with van der Waals surface area (Å²) in [6.07, 6.45) is 1.93. The number of benzene rings is 1. The molecule has 124 valence electrons. The molecular formula is C14H15F2N3O3S. The van der Waals surface area contributed by atoms with Gasteiger partial charge in [0, 0.05) is 24.6 Å². The first kappa shape index (κ1) is 15.9. The Kier molecular flexibility index (Phi) is 4.07. The molecule has 6 nitrogen and oxygen atoms in total. The van der Waals surface area contributed by atoms with Crippen LogP contribution < -0.4 is 9.46 Å². The topological polar surface area (TPSA) is 73.2 Å². The van der Waals surface area contributed by atoms with Gasteiger partial charge in [0.05, 0.1) is 12.8 Å². The van der Waals surface area contributed by atoms with E-state index in [1.165, 1.54) is 29.9 Å². The molecule has 3 rings (SSSR count). The second kappa shape index (κ2) is 5.89. The van der Waals surface area contributed by atoms with Crippen molar-refractivity contribution in [3.05, 3.63) is 41.6 Å². The van der Waals surface area contributed by atoms with E-state index in [0.717, 1.165) is 12.5 Å². The molecule has 2 aromatic rings. The van der Waals surface area contributed by atoms with E-state index < -0.39 is 27.7 Å². The van der Waals surface area contributed by atoms with Gasteiger partial charge in [-0.1, -0.05) is 12.1 Å². The van der Waals surface area contributed by atoms with Crippen molar-refractivity contribution in [1.82, 2.24) is 14.5 Å². The fourth-order valence-corrected chi connectivity index (χ4v) is 3.74. The predicted octanol–water partition coefficient (Wildman–Crippen LogP) is 1.98. The van der Waals surface area contributed by atoms with Crippen LogP contribution in [0.1, 0.15) is 24.9 Å². The predicted molar refractivity (Wildman–Crippen MR) is 77.4 cm³/mol. The maximum atomic E-state index is 13.8. The van der Waals surface area contributed by atoms with Gasteiger partial charge in [-0.05, 0) is 13.0 Å². The number of rotatable bonds is 4. The maximum Gasteiger partial charge on any atom is 0.248 e. The van der Waals surface area contributed by atoms with Crippen LogP contribution in [-0.2, 0) is 16.6 Å².